The number of hydrogen-bond acceptors (Lipinski definition) is 1. The van der Waals surface area contributed by atoms with Crippen LogP contribution in [-0.2, 0) is 0 Å². The number of nitrogens with one attached hydrogen (secondary N) is 1. The quantitative estimate of drug-likeness (QED) is 0.321. The highest BCUT2D eigenvalue weighted by Gasteiger charge is 2.09. The van der Waals surface area contributed by atoms with E-state index >= 15 is 0 Å². The summed E-state index contributed by atoms with van der Waals surface area (Å²) in [5, 5.41) is 3.57. The molecule has 2 heteroatoms. The van der Waals surface area contributed by atoms with Gasteiger partial charge < -0.3 is 4.98 Å². The molecule has 0 amide bonds. The molecule has 118 valence electrons. The van der Waals surface area contributed by atoms with Gasteiger partial charge in [-0.3, -0.25) is 4.79 Å². The van der Waals surface area contributed by atoms with Crippen LogP contribution >= 0.6 is 0 Å². The van der Waals surface area contributed by atoms with Crippen molar-refractivity contribution in [3.05, 3.63) is 95.2 Å². The molecule has 0 bridgehead atoms. The minimum absolute atomic E-state index is 0.0835. The van der Waals surface area contributed by atoms with Gasteiger partial charge in [0.05, 0.1) is 16.4 Å². The van der Waals surface area contributed by atoms with E-state index in [2.05, 4.69) is 29.2 Å². The van der Waals surface area contributed by atoms with Crippen molar-refractivity contribution in [2.45, 2.75) is 0 Å². The van der Waals surface area contributed by atoms with Crippen molar-refractivity contribution < 1.29 is 0 Å². The van der Waals surface area contributed by atoms with Crippen LogP contribution in [0.2, 0.25) is 0 Å². The second-order valence-corrected chi connectivity index (χ2v) is 6.29. The SMILES string of the molecule is O=c1c2ccc(-c3ccccc3)cc2[nH]c2ccc3ccccc3c12. The molecule has 2 nitrogen and oxygen atoms in total. The van der Waals surface area contributed by atoms with Gasteiger partial charge in [-0.15, -0.1) is 0 Å². The molecule has 1 aromatic heterocycles. The summed E-state index contributed by atoms with van der Waals surface area (Å²) in [6, 6.07) is 28.3. The molecule has 1 heterocycles. The molecule has 0 fully saturated rings. The zero-order valence-corrected chi connectivity index (χ0v) is 13.5. The maximum Gasteiger partial charge on any atom is 0.197 e. The van der Waals surface area contributed by atoms with Crippen molar-refractivity contribution >= 4 is 32.6 Å². The number of H-pyrrole nitrogens is 1. The lowest BCUT2D eigenvalue weighted by Gasteiger charge is -2.08. The van der Waals surface area contributed by atoms with Gasteiger partial charge in [0.15, 0.2) is 5.43 Å². The number of rotatable bonds is 1. The fourth-order valence-corrected chi connectivity index (χ4v) is 3.56. The van der Waals surface area contributed by atoms with Crippen LogP contribution in [0.5, 0.6) is 0 Å². The Hall–Kier alpha value is -3.39. The van der Waals surface area contributed by atoms with Gasteiger partial charge in [-0.2, -0.15) is 0 Å². The van der Waals surface area contributed by atoms with E-state index in [0.717, 1.165) is 43.7 Å². The molecule has 0 saturated carbocycles. The van der Waals surface area contributed by atoms with E-state index < -0.39 is 0 Å². The molecule has 0 aliphatic carbocycles. The summed E-state index contributed by atoms with van der Waals surface area (Å²) in [6.07, 6.45) is 0. The smallest absolute Gasteiger partial charge is 0.197 e. The van der Waals surface area contributed by atoms with Crippen LogP contribution in [-0.4, -0.2) is 4.98 Å². The lowest BCUT2D eigenvalue weighted by atomic mass is 10.00. The molecule has 0 aliphatic rings. The normalized spacial score (nSPS) is 11.4. The van der Waals surface area contributed by atoms with Gasteiger partial charge in [-0.1, -0.05) is 66.7 Å². The fourth-order valence-electron chi connectivity index (χ4n) is 3.56. The highest BCUT2D eigenvalue weighted by Crippen LogP contribution is 2.26. The van der Waals surface area contributed by atoms with Gasteiger partial charge in [-0.25, -0.2) is 0 Å². The predicted molar refractivity (Wildman–Crippen MR) is 105 cm³/mol. The topological polar surface area (TPSA) is 32.9 Å². The van der Waals surface area contributed by atoms with E-state index in [9.17, 15) is 4.79 Å². The molecular weight excluding hydrogens is 306 g/mol. The Labute approximate surface area is 144 Å². The molecule has 1 N–H and O–H groups in total. The third-order valence-electron chi connectivity index (χ3n) is 4.80. The van der Waals surface area contributed by atoms with E-state index in [-0.39, 0.29) is 5.43 Å². The van der Waals surface area contributed by atoms with Crippen molar-refractivity contribution in [2.75, 3.05) is 0 Å². The number of benzene rings is 4. The minimum atomic E-state index is 0.0835. The molecule has 0 saturated heterocycles. The van der Waals surface area contributed by atoms with Crippen LogP contribution in [0.25, 0.3) is 43.7 Å². The summed E-state index contributed by atoms with van der Waals surface area (Å²) >= 11 is 0. The molecule has 0 aliphatic heterocycles. The molecule has 5 rings (SSSR count). The van der Waals surface area contributed by atoms with Crippen LogP contribution in [0.3, 0.4) is 0 Å². The van der Waals surface area contributed by atoms with Gasteiger partial charge in [0.25, 0.3) is 0 Å². The summed E-state index contributed by atoms with van der Waals surface area (Å²) in [6.45, 7) is 0. The maximum absolute atomic E-state index is 13.1. The van der Waals surface area contributed by atoms with Crippen LogP contribution in [0, 0.1) is 0 Å². The van der Waals surface area contributed by atoms with Gasteiger partial charge in [0.1, 0.15) is 0 Å². The lowest BCUT2D eigenvalue weighted by molar-refractivity contribution is 1.48. The zero-order valence-electron chi connectivity index (χ0n) is 13.5. The predicted octanol–water partition coefficient (Wildman–Crippen LogP) is 5.50. The van der Waals surface area contributed by atoms with Crippen molar-refractivity contribution in [2.24, 2.45) is 0 Å². The largest absolute Gasteiger partial charge is 0.354 e. The number of fused-ring (bicyclic) bond motifs is 4. The first kappa shape index (κ1) is 14.0. The van der Waals surface area contributed by atoms with Crippen LogP contribution in [0.15, 0.2) is 89.7 Å². The molecule has 0 atom stereocenters. The first-order valence-corrected chi connectivity index (χ1v) is 8.34. The number of aromatic amines is 1. The van der Waals surface area contributed by atoms with Crippen LogP contribution in [0.4, 0.5) is 0 Å². The monoisotopic (exact) mass is 321 g/mol. The van der Waals surface area contributed by atoms with Gasteiger partial charge in [0.2, 0.25) is 0 Å². The molecule has 25 heavy (non-hydrogen) atoms. The summed E-state index contributed by atoms with van der Waals surface area (Å²) in [7, 11) is 0. The molecule has 0 unspecified atom stereocenters. The Kier molecular flexibility index (Phi) is 2.98. The number of hydrogen-bond donors (Lipinski definition) is 1. The standard InChI is InChI=1S/C23H15NO/c25-23-19-12-10-17(15-6-2-1-3-7-15)14-21(19)24-20-13-11-16-8-4-5-9-18(16)22(20)23/h1-14H,(H,24,25). The van der Waals surface area contributed by atoms with Crippen LogP contribution < -0.4 is 5.43 Å². The number of aromatic nitrogens is 1. The second kappa shape index (κ2) is 5.32. The van der Waals surface area contributed by atoms with Crippen molar-refractivity contribution in [1.29, 1.82) is 0 Å². The van der Waals surface area contributed by atoms with Crippen molar-refractivity contribution in [1.82, 2.24) is 4.98 Å². The van der Waals surface area contributed by atoms with Crippen LogP contribution in [0.1, 0.15) is 0 Å². The first-order chi connectivity index (χ1) is 12.3. The van der Waals surface area contributed by atoms with Gasteiger partial charge in [-0.05, 0) is 40.1 Å². The molecular formula is C23H15NO. The average Bonchev–Trinajstić information content (AvgIpc) is 2.68. The Morgan fingerprint density at radius 1 is 0.600 bits per heavy atom. The third-order valence-corrected chi connectivity index (χ3v) is 4.80. The van der Waals surface area contributed by atoms with Crippen molar-refractivity contribution in [3.63, 3.8) is 0 Å². The Morgan fingerprint density at radius 3 is 2.28 bits per heavy atom. The van der Waals surface area contributed by atoms with E-state index in [1.807, 2.05) is 60.7 Å². The van der Waals surface area contributed by atoms with Crippen molar-refractivity contribution in [3.8, 4) is 11.1 Å². The summed E-state index contributed by atoms with van der Waals surface area (Å²) in [5.41, 5.74) is 4.07. The van der Waals surface area contributed by atoms with E-state index in [1.165, 1.54) is 0 Å². The van der Waals surface area contributed by atoms with Gasteiger partial charge >= 0.3 is 0 Å². The molecule has 4 aromatic carbocycles. The Balaban J connectivity index is 1.87. The summed E-state index contributed by atoms with van der Waals surface area (Å²) < 4.78 is 0. The second-order valence-electron chi connectivity index (χ2n) is 6.29. The summed E-state index contributed by atoms with van der Waals surface area (Å²) in [5.74, 6) is 0. The fraction of sp³-hybridized carbons (Fsp3) is 0. The molecule has 0 spiro atoms. The Morgan fingerprint density at radius 2 is 1.40 bits per heavy atom. The van der Waals surface area contributed by atoms with E-state index in [0.29, 0.717) is 0 Å². The maximum atomic E-state index is 13.1. The zero-order chi connectivity index (χ0) is 16.8. The molecule has 5 aromatic rings. The lowest BCUT2D eigenvalue weighted by Crippen LogP contribution is -2.04. The molecule has 0 radical (unpaired) electrons. The van der Waals surface area contributed by atoms with E-state index in [4.69, 9.17) is 0 Å². The highest BCUT2D eigenvalue weighted by atomic mass is 16.1. The third kappa shape index (κ3) is 2.15. The highest BCUT2D eigenvalue weighted by molar-refractivity contribution is 6.09. The summed E-state index contributed by atoms with van der Waals surface area (Å²) in [4.78, 5) is 16.6. The first-order valence-electron chi connectivity index (χ1n) is 8.34. The van der Waals surface area contributed by atoms with Gasteiger partial charge in [0, 0.05) is 5.39 Å². The number of pyridine rings is 1. The van der Waals surface area contributed by atoms with E-state index in [1.54, 1.807) is 0 Å². The Bertz CT molecular complexity index is 1300. The minimum Gasteiger partial charge on any atom is -0.354 e. The average molecular weight is 321 g/mol.